The van der Waals surface area contributed by atoms with E-state index in [-0.39, 0.29) is 11.6 Å². The molecular formula is C16H14ClN3O. The summed E-state index contributed by atoms with van der Waals surface area (Å²) < 4.78 is 1.66. The molecule has 0 fully saturated rings. The molecule has 0 aliphatic heterocycles. The van der Waals surface area contributed by atoms with Crippen LogP contribution in [0.4, 0.5) is 0 Å². The van der Waals surface area contributed by atoms with Crippen molar-refractivity contribution >= 4 is 22.5 Å². The number of hydrogen-bond acceptors (Lipinski definition) is 3. The summed E-state index contributed by atoms with van der Waals surface area (Å²) in [6.07, 6.45) is 5.87. The molecule has 0 radical (unpaired) electrons. The molecular weight excluding hydrogens is 286 g/mol. The van der Waals surface area contributed by atoms with Crippen LogP contribution in [0.25, 0.3) is 10.9 Å². The van der Waals surface area contributed by atoms with Crippen molar-refractivity contribution in [3.8, 4) is 0 Å². The Bertz CT molecular complexity index is 830. The van der Waals surface area contributed by atoms with Gasteiger partial charge in [0.25, 0.3) is 5.56 Å². The largest absolute Gasteiger partial charge is 0.296 e. The fraction of sp³-hybridized carbons (Fsp3) is 0.188. The lowest BCUT2D eigenvalue weighted by atomic mass is 10.1. The van der Waals surface area contributed by atoms with Crippen LogP contribution in [0, 0.1) is 0 Å². The zero-order valence-electron chi connectivity index (χ0n) is 11.5. The molecule has 0 saturated carbocycles. The molecule has 0 unspecified atom stereocenters. The summed E-state index contributed by atoms with van der Waals surface area (Å²) in [6.45, 7) is 2.00. The van der Waals surface area contributed by atoms with E-state index in [0.29, 0.717) is 15.9 Å². The summed E-state index contributed by atoms with van der Waals surface area (Å²) in [5.74, 6) is 0. The number of pyridine rings is 1. The SMILES string of the molecule is C[C@H](Cc1cccnc1)n1cnc2cc(Cl)ccc2c1=O. The maximum atomic E-state index is 12.5. The number of nitrogens with zero attached hydrogens (tertiary/aromatic N) is 3. The Labute approximate surface area is 127 Å². The Kier molecular flexibility index (Phi) is 3.71. The lowest BCUT2D eigenvalue weighted by Crippen LogP contribution is -2.24. The van der Waals surface area contributed by atoms with Crippen LogP contribution in [0.15, 0.2) is 53.8 Å². The van der Waals surface area contributed by atoms with Gasteiger partial charge in [-0.1, -0.05) is 17.7 Å². The molecule has 0 spiro atoms. The number of aromatic nitrogens is 3. The lowest BCUT2D eigenvalue weighted by Gasteiger charge is -2.15. The molecule has 3 aromatic rings. The fourth-order valence-electron chi connectivity index (χ4n) is 2.38. The number of halogens is 1. The van der Waals surface area contributed by atoms with Gasteiger partial charge in [0.05, 0.1) is 17.2 Å². The molecule has 3 rings (SSSR count). The Morgan fingerprint density at radius 1 is 1.33 bits per heavy atom. The van der Waals surface area contributed by atoms with Crippen LogP contribution in [0.3, 0.4) is 0 Å². The van der Waals surface area contributed by atoms with E-state index in [0.717, 1.165) is 12.0 Å². The van der Waals surface area contributed by atoms with Crippen molar-refractivity contribution in [2.24, 2.45) is 0 Å². The first-order valence-corrected chi connectivity index (χ1v) is 7.08. The summed E-state index contributed by atoms with van der Waals surface area (Å²) in [6, 6.07) is 9.04. The molecule has 1 aromatic carbocycles. The van der Waals surface area contributed by atoms with Gasteiger partial charge in [-0.15, -0.1) is 0 Å². The molecule has 0 aliphatic rings. The number of fused-ring (bicyclic) bond motifs is 1. The zero-order valence-corrected chi connectivity index (χ0v) is 12.3. The molecule has 106 valence electrons. The lowest BCUT2D eigenvalue weighted by molar-refractivity contribution is 0.522. The van der Waals surface area contributed by atoms with Gasteiger partial charge in [-0.3, -0.25) is 14.3 Å². The molecule has 1 atom stereocenters. The molecule has 5 heteroatoms. The smallest absolute Gasteiger partial charge is 0.261 e. The van der Waals surface area contributed by atoms with E-state index in [2.05, 4.69) is 9.97 Å². The number of benzene rings is 1. The monoisotopic (exact) mass is 299 g/mol. The third-order valence-corrected chi connectivity index (χ3v) is 3.71. The molecule has 4 nitrogen and oxygen atoms in total. The summed E-state index contributed by atoms with van der Waals surface area (Å²) in [5, 5.41) is 1.16. The van der Waals surface area contributed by atoms with Gasteiger partial charge in [-0.25, -0.2) is 4.98 Å². The second kappa shape index (κ2) is 5.66. The highest BCUT2D eigenvalue weighted by atomic mass is 35.5. The number of hydrogen-bond donors (Lipinski definition) is 0. The highest BCUT2D eigenvalue weighted by molar-refractivity contribution is 6.31. The van der Waals surface area contributed by atoms with Gasteiger partial charge in [0, 0.05) is 23.5 Å². The predicted octanol–water partition coefficient (Wildman–Crippen LogP) is 3.25. The van der Waals surface area contributed by atoms with Crippen molar-refractivity contribution in [1.82, 2.24) is 14.5 Å². The molecule has 0 aliphatic carbocycles. The van der Waals surface area contributed by atoms with E-state index < -0.39 is 0 Å². The molecule has 2 aromatic heterocycles. The van der Waals surface area contributed by atoms with E-state index in [1.165, 1.54) is 0 Å². The van der Waals surface area contributed by atoms with Gasteiger partial charge in [-0.05, 0) is 43.2 Å². The first kappa shape index (κ1) is 13.8. The third kappa shape index (κ3) is 2.81. The summed E-state index contributed by atoms with van der Waals surface area (Å²) in [7, 11) is 0. The van der Waals surface area contributed by atoms with E-state index in [1.807, 2.05) is 25.3 Å². The van der Waals surface area contributed by atoms with E-state index >= 15 is 0 Å². The molecule has 0 amide bonds. The molecule has 2 heterocycles. The van der Waals surface area contributed by atoms with Crippen LogP contribution in [-0.4, -0.2) is 14.5 Å². The third-order valence-electron chi connectivity index (χ3n) is 3.47. The second-order valence-electron chi connectivity index (χ2n) is 5.03. The van der Waals surface area contributed by atoms with Crippen molar-refractivity contribution < 1.29 is 0 Å². The van der Waals surface area contributed by atoms with Gasteiger partial charge in [0.1, 0.15) is 0 Å². The Hall–Kier alpha value is -2.20. The van der Waals surface area contributed by atoms with E-state index in [4.69, 9.17) is 11.6 Å². The minimum atomic E-state index is -0.0481. The average Bonchev–Trinajstić information content (AvgIpc) is 2.48. The van der Waals surface area contributed by atoms with Gasteiger partial charge >= 0.3 is 0 Å². The quantitative estimate of drug-likeness (QED) is 0.746. The normalized spacial score (nSPS) is 12.5. The Morgan fingerprint density at radius 2 is 2.19 bits per heavy atom. The van der Waals surface area contributed by atoms with Crippen LogP contribution in [0.1, 0.15) is 18.5 Å². The molecule has 21 heavy (non-hydrogen) atoms. The van der Waals surface area contributed by atoms with Crippen molar-refractivity contribution in [1.29, 1.82) is 0 Å². The van der Waals surface area contributed by atoms with Crippen molar-refractivity contribution in [3.05, 3.63) is 70.0 Å². The first-order chi connectivity index (χ1) is 10.1. The van der Waals surface area contributed by atoms with E-state index in [9.17, 15) is 4.79 Å². The highest BCUT2D eigenvalue weighted by Gasteiger charge is 2.11. The van der Waals surface area contributed by atoms with Crippen LogP contribution in [0.5, 0.6) is 0 Å². The summed E-state index contributed by atoms with van der Waals surface area (Å²) in [5.41, 5.74) is 1.67. The molecule has 0 N–H and O–H groups in total. The maximum absolute atomic E-state index is 12.5. The van der Waals surface area contributed by atoms with Gasteiger partial charge in [-0.2, -0.15) is 0 Å². The predicted molar refractivity (Wildman–Crippen MR) is 83.7 cm³/mol. The molecule has 0 saturated heterocycles. The standard InChI is InChI=1S/C16H14ClN3O/c1-11(7-12-3-2-6-18-9-12)20-10-19-15-8-13(17)4-5-14(15)16(20)21/h2-6,8-11H,7H2,1H3/t11-/m1/s1. The van der Waals surface area contributed by atoms with Crippen molar-refractivity contribution in [2.45, 2.75) is 19.4 Å². The molecule has 0 bridgehead atoms. The second-order valence-corrected chi connectivity index (χ2v) is 5.47. The van der Waals surface area contributed by atoms with E-state index in [1.54, 1.807) is 35.3 Å². The zero-order chi connectivity index (χ0) is 14.8. The average molecular weight is 300 g/mol. The summed E-state index contributed by atoms with van der Waals surface area (Å²) >= 11 is 5.92. The Balaban J connectivity index is 1.99. The maximum Gasteiger partial charge on any atom is 0.261 e. The van der Waals surface area contributed by atoms with Gasteiger partial charge < -0.3 is 0 Å². The highest BCUT2D eigenvalue weighted by Crippen LogP contribution is 2.16. The van der Waals surface area contributed by atoms with Gasteiger partial charge in [0.2, 0.25) is 0 Å². The van der Waals surface area contributed by atoms with Crippen LogP contribution >= 0.6 is 11.6 Å². The van der Waals surface area contributed by atoms with Crippen molar-refractivity contribution in [2.75, 3.05) is 0 Å². The van der Waals surface area contributed by atoms with Crippen LogP contribution < -0.4 is 5.56 Å². The number of rotatable bonds is 3. The van der Waals surface area contributed by atoms with Crippen molar-refractivity contribution in [3.63, 3.8) is 0 Å². The first-order valence-electron chi connectivity index (χ1n) is 6.70. The summed E-state index contributed by atoms with van der Waals surface area (Å²) in [4.78, 5) is 21.0. The topological polar surface area (TPSA) is 47.8 Å². The minimum Gasteiger partial charge on any atom is -0.296 e. The van der Waals surface area contributed by atoms with Crippen LogP contribution in [-0.2, 0) is 6.42 Å². The minimum absolute atomic E-state index is 0.00859. The van der Waals surface area contributed by atoms with Gasteiger partial charge in [0.15, 0.2) is 0 Å². The Morgan fingerprint density at radius 3 is 2.95 bits per heavy atom. The fourth-order valence-corrected chi connectivity index (χ4v) is 2.55. The van der Waals surface area contributed by atoms with Crippen LogP contribution in [0.2, 0.25) is 5.02 Å².